The normalized spacial score (nSPS) is 11.2. The van der Waals surface area contributed by atoms with Gasteiger partial charge in [-0.2, -0.15) is 0 Å². The van der Waals surface area contributed by atoms with Gasteiger partial charge in [-0.25, -0.2) is 4.98 Å². The Hall–Kier alpha value is -1.11. The molecule has 0 unspecified atom stereocenters. The lowest BCUT2D eigenvalue weighted by Crippen LogP contribution is -2.08. The van der Waals surface area contributed by atoms with E-state index in [4.69, 9.17) is 0 Å². The number of aromatic nitrogens is 2. The predicted octanol–water partition coefficient (Wildman–Crippen LogP) is 4.66. The molecule has 3 aromatic rings. The van der Waals surface area contributed by atoms with Gasteiger partial charge in [0.2, 0.25) is 0 Å². The Labute approximate surface area is 138 Å². The van der Waals surface area contributed by atoms with Crippen LogP contribution in [0.4, 0.5) is 0 Å². The number of thiophene rings is 1. The van der Waals surface area contributed by atoms with Crippen LogP contribution in [-0.2, 0) is 5.75 Å². The summed E-state index contributed by atoms with van der Waals surface area (Å²) in [6.07, 6.45) is 0. The monoisotopic (exact) mass is 380 g/mol. The fourth-order valence-electron chi connectivity index (χ4n) is 2.08. The maximum Gasteiger partial charge on any atom is 0.260 e. The molecule has 6 heteroatoms. The molecule has 2 heterocycles. The van der Waals surface area contributed by atoms with Crippen molar-refractivity contribution in [1.29, 1.82) is 0 Å². The number of nitrogens with one attached hydrogen (secondary N) is 1. The fraction of sp³-hybridized carbons (Fsp3) is 0.200. The third-order valence-corrected chi connectivity index (χ3v) is 5.82. The van der Waals surface area contributed by atoms with Gasteiger partial charge >= 0.3 is 0 Å². The number of benzene rings is 1. The number of thioether (sulfide) groups is 1. The van der Waals surface area contributed by atoms with Gasteiger partial charge in [-0.05, 0) is 37.1 Å². The van der Waals surface area contributed by atoms with Crippen LogP contribution in [0.3, 0.4) is 0 Å². The number of fused-ring (bicyclic) bond motifs is 1. The molecule has 0 aliphatic carbocycles. The molecule has 1 aromatic carbocycles. The van der Waals surface area contributed by atoms with Crippen molar-refractivity contribution in [2.24, 2.45) is 0 Å². The van der Waals surface area contributed by atoms with Crippen molar-refractivity contribution in [3.8, 4) is 0 Å². The SMILES string of the molecule is Cc1sc2nc(SCc3cccc(Br)c3)[nH]c(=O)c2c1C. The summed E-state index contributed by atoms with van der Waals surface area (Å²) in [5, 5.41) is 1.40. The second-order valence-corrected chi connectivity index (χ2v) is 7.84. The zero-order valence-electron chi connectivity index (χ0n) is 11.6. The first-order valence-electron chi connectivity index (χ1n) is 6.42. The number of aryl methyl sites for hydroxylation is 2. The van der Waals surface area contributed by atoms with Crippen molar-refractivity contribution in [1.82, 2.24) is 9.97 Å². The van der Waals surface area contributed by atoms with Crippen LogP contribution in [0.5, 0.6) is 0 Å². The quantitative estimate of drug-likeness (QED) is 0.530. The topological polar surface area (TPSA) is 45.8 Å². The van der Waals surface area contributed by atoms with E-state index in [0.717, 1.165) is 30.9 Å². The summed E-state index contributed by atoms with van der Waals surface area (Å²) in [5.41, 5.74) is 2.18. The zero-order valence-corrected chi connectivity index (χ0v) is 14.8. The summed E-state index contributed by atoms with van der Waals surface area (Å²) in [5.74, 6) is 0.775. The Bertz CT molecular complexity index is 870. The van der Waals surface area contributed by atoms with E-state index in [9.17, 15) is 4.79 Å². The molecule has 0 atom stereocenters. The molecular formula is C15H13BrN2OS2. The van der Waals surface area contributed by atoms with E-state index in [0.29, 0.717) is 5.16 Å². The summed E-state index contributed by atoms with van der Waals surface area (Å²) in [6, 6.07) is 8.14. The van der Waals surface area contributed by atoms with Crippen molar-refractivity contribution < 1.29 is 0 Å². The molecule has 0 fully saturated rings. The van der Waals surface area contributed by atoms with Gasteiger partial charge in [-0.1, -0.05) is 39.8 Å². The molecule has 1 N–H and O–H groups in total. The molecule has 0 bridgehead atoms. The number of hydrogen-bond acceptors (Lipinski definition) is 4. The average Bonchev–Trinajstić information content (AvgIpc) is 2.72. The van der Waals surface area contributed by atoms with Crippen LogP contribution < -0.4 is 5.56 Å². The largest absolute Gasteiger partial charge is 0.301 e. The van der Waals surface area contributed by atoms with Crippen molar-refractivity contribution in [2.75, 3.05) is 0 Å². The lowest BCUT2D eigenvalue weighted by Gasteiger charge is -2.02. The molecule has 3 rings (SSSR count). The average molecular weight is 381 g/mol. The van der Waals surface area contributed by atoms with Gasteiger partial charge < -0.3 is 4.98 Å². The highest BCUT2D eigenvalue weighted by atomic mass is 79.9. The summed E-state index contributed by atoms with van der Waals surface area (Å²) in [6.45, 7) is 3.99. The third kappa shape index (κ3) is 3.07. The van der Waals surface area contributed by atoms with Crippen LogP contribution in [-0.4, -0.2) is 9.97 Å². The van der Waals surface area contributed by atoms with Crippen LogP contribution in [0.25, 0.3) is 10.2 Å². The standard InChI is InChI=1S/C15H13BrN2OS2/c1-8-9(2)21-14-12(8)13(19)17-15(18-14)20-7-10-4-3-5-11(16)6-10/h3-6H,7H2,1-2H3,(H,17,18,19). The van der Waals surface area contributed by atoms with Crippen molar-refractivity contribution >= 4 is 49.2 Å². The van der Waals surface area contributed by atoms with Gasteiger partial charge in [0, 0.05) is 15.1 Å². The number of nitrogens with zero attached hydrogens (tertiary/aromatic N) is 1. The molecular weight excluding hydrogens is 368 g/mol. The van der Waals surface area contributed by atoms with E-state index in [1.165, 1.54) is 5.56 Å². The lowest BCUT2D eigenvalue weighted by atomic mass is 10.2. The number of aromatic amines is 1. The first-order valence-corrected chi connectivity index (χ1v) is 9.01. The molecule has 0 radical (unpaired) electrons. The second-order valence-electron chi connectivity index (χ2n) is 4.75. The molecule has 3 nitrogen and oxygen atoms in total. The fourth-order valence-corrected chi connectivity index (χ4v) is 4.42. The van der Waals surface area contributed by atoms with Crippen LogP contribution in [0.1, 0.15) is 16.0 Å². The van der Waals surface area contributed by atoms with Gasteiger partial charge in [0.05, 0.1) is 5.39 Å². The lowest BCUT2D eigenvalue weighted by molar-refractivity contribution is 0.978. The highest BCUT2D eigenvalue weighted by Gasteiger charge is 2.12. The third-order valence-electron chi connectivity index (χ3n) is 3.28. The van der Waals surface area contributed by atoms with Crippen molar-refractivity contribution in [3.05, 3.63) is 55.1 Å². The Morgan fingerprint density at radius 3 is 2.95 bits per heavy atom. The zero-order chi connectivity index (χ0) is 15.0. The number of halogens is 1. The van der Waals surface area contributed by atoms with E-state index in [1.54, 1.807) is 23.1 Å². The van der Waals surface area contributed by atoms with Gasteiger partial charge in [0.25, 0.3) is 5.56 Å². The second kappa shape index (κ2) is 5.94. The maximum absolute atomic E-state index is 12.2. The Kier molecular flexibility index (Phi) is 4.19. The smallest absolute Gasteiger partial charge is 0.260 e. The summed E-state index contributed by atoms with van der Waals surface area (Å²) >= 11 is 6.59. The number of H-pyrrole nitrogens is 1. The predicted molar refractivity (Wildman–Crippen MR) is 93.4 cm³/mol. The van der Waals surface area contributed by atoms with Crippen LogP contribution in [0.15, 0.2) is 38.7 Å². The van der Waals surface area contributed by atoms with Gasteiger partial charge in [0.1, 0.15) is 4.83 Å². The Balaban J connectivity index is 1.90. The van der Waals surface area contributed by atoms with E-state index in [1.807, 2.05) is 26.0 Å². The molecule has 0 aliphatic heterocycles. The van der Waals surface area contributed by atoms with Gasteiger partial charge in [-0.3, -0.25) is 4.79 Å². The van der Waals surface area contributed by atoms with E-state index in [-0.39, 0.29) is 5.56 Å². The Morgan fingerprint density at radius 2 is 2.19 bits per heavy atom. The van der Waals surface area contributed by atoms with E-state index < -0.39 is 0 Å². The minimum atomic E-state index is -0.0430. The first-order chi connectivity index (χ1) is 10.0. The molecule has 0 aliphatic rings. The van der Waals surface area contributed by atoms with Crippen molar-refractivity contribution in [3.63, 3.8) is 0 Å². The number of hydrogen-bond donors (Lipinski definition) is 1. The number of rotatable bonds is 3. The molecule has 108 valence electrons. The molecule has 0 spiro atoms. The van der Waals surface area contributed by atoms with Crippen LogP contribution in [0, 0.1) is 13.8 Å². The minimum absolute atomic E-state index is 0.0430. The first kappa shape index (κ1) is 14.8. The van der Waals surface area contributed by atoms with Crippen LogP contribution in [0.2, 0.25) is 0 Å². The van der Waals surface area contributed by atoms with Gasteiger partial charge in [-0.15, -0.1) is 11.3 Å². The highest BCUT2D eigenvalue weighted by Crippen LogP contribution is 2.28. The summed E-state index contributed by atoms with van der Waals surface area (Å²) < 4.78 is 1.06. The molecule has 0 saturated heterocycles. The summed E-state index contributed by atoms with van der Waals surface area (Å²) in [7, 11) is 0. The van der Waals surface area contributed by atoms with E-state index in [2.05, 4.69) is 38.0 Å². The minimum Gasteiger partial charge on any atom is -0.301 e. The van der Waals surface area contributed by atoms with Crippen molar-refractivity contribution in [2.45, 2.75) is 24.8 Å². The molecule has 2 aromatic heterocycles. The van der Waals surface area contributed by atoms with Gasteiger partial charge in [0.15, 0.2) is 5.16 Å². The molecule has 0 amide bonds. The highest BCUT2D eigenvalue weighted by molar-refractivity contribution is 9.10. The molecule has 21 heavy (non-hydrogen) atoms. The molecule has 0 saturated carbocycles. The Morgan fingerprint density at radius 1 is 1.38 bits per heavy atom. The maximum atomic E-state index is 12.2. The van der Waals surface area contributed by atoms with Crippen LogP contribution >= 0.6 is 39.0 Å². The summed E-state index contributed by atoms with van der Waals surface area (Å²) in [4.78, 5) is 21.6. The van der Waals surface area contributed by atoms with E-state index >= 15 is 0 Å².